The smallest absolute Gasteiger partial charge is 0.206 e. The summed E-state index contributed by atoms with van der Waals surface area (Å²) in [6.07, 6.45) is 2.92. The van der Waals surface area contributed by atoms with E-state index in [1.165, 1.54) is 35.0 Å². The Morgan fingerprint density at radius 2 is 1.96 bits per heavy atom. The summed E-state index contributed by atoms with van der Waals surface area (Å²) < 4.78 is 15.1. The van der Waals surface area contributed by atoms with Crippen LogP contribution in [0.15, 0.2) is 65.1 Å². The number of hydrogen-bond acceptors (Lipinski definition) is 4. The van der Waals surface area contributed by atoms with Crippen LogP contribution in [-0.2, 0) is 5.75 Å². The third-order valence-corrected chi connectivity index (χ3v) is 4.39. The van der Waals surface area contributed by atoms with Crippen molar-refractivity contribution in [3.8, 4) is 0 Å². The maximum Gasteiger partial charge on any atom is 0.212 e. The molecule has 0 bridgehead atoms. The molecule has 0 spiro atoms. The highest BCUT2D eigenvalue weighted by molar-refractivity contribution is 7.98. The van der Waals surface area contributed by atoms with E-state index in [0.717, 1.165) is 5.56 Å². The van der Waals surface area contributed by atoms with Gasteiger partial charge in [-0.05, 0) is 17.7 Å². The van der Waals surface area contributed by atoms with Crippen LogP contribution in [-0.4, -0.2) is 21.1 Å². The van der Waals surface area contributed by atoms with Gasteiger partial charge in [0.2, 0.25) is 5.16 Å². The summed E-state index contributed by atoms with van der Waals surface area (Å²) >= 11 is 7.59. The van der Waals surface area contributed by atoms with Gasteiger partial charge < -0.3 is 0 Å². The third-order valence-electron chi connectivity index (χ3n) is 3.04. The third kappa shape index (κ3) is 3.97. The van der Waals surface area contributed by atoms with Gasteiger partial charge >= 0.3 is 0 Å². The number of rotatable bonds is 5. The molecule has 0 aliphatic rings. The molecule has 0 fully saturated rings. The summed E-state index contributed by atoms with van der Waals surface area (Å²) in [5.74, 6) is 0.322. The zero-order chi connectivity index (χ0) is 16.1. The Morgan fingerprint density at radius 3 is 2.78 bits per heavy atom. The molecule has 3 aromatic rings. The summed E-state index contributed by atoms with van der Waals surface area (Å²) in [5.41, 5.74) is 1.41. The van der Waals surface area contributed by atoms with E-state index >= 15 is 0 Å². The first-order valence-electron chi connectivity index (χ1n) is 6.79. The molecular formula is C16H12ClFN4S. The molecule has 0 N–H and O–H groups in total. The molecule has 0 aliphatic heterocycles. The van der Waals surface area contributed by atoms with Crippen LogP contribution in [0, 0.1) is 5.82 Å². The highest BCUT2D eigenvalue weighted by Gasteiger charge is 2.06. The van der Waals surface area contributed by atoms with E-state index in [1.54, 1.807) is 18.2 Å². The zero-order valence-corrected chi connectivity index (χ0v) is 13.5. The van der Waals surface area contributed by atoms with Crippen molar-refractivity contribution < 1.29 is 4.39 Å². The predicted octanol–water partition coefficient (Wildman–Crippen LogP) is 4.25. The number of hydrogen-bond donors (Lipinski definition) is 0. The van der Waals surface area contributed by atoms with E-state index in [0.29, 0.717) is 21.5 Å². The van der Waals surface area contributed by atoms with Crippen LogP contribution in [0.3, 0.4) is 0 Å². The van der Waals surface area contributed by atoms with Crippen LogP contribution in [0.5, 0.6) is 0 Å². The second kappa shape index (κ2) is 7.39. The van der Waals surface area contributed by atoms with Gasteiger partial charge in [-0.15, -0.1) is 10.2 Å². The highest BCUT2D eigenvalue weighted by atomic mass is 35.5. The van der Waals surface area contributed by atoms with Gasteiger partial charge in [-0.3, -0.25) is 0 Å². The van der Waals surface area contributed by atoms with Gasteiger partial charge in [0.15, 0.2) is 0 Å². The quantitative estimate of drug-likeness (QED) is 0.512. The monoisotopic (exact) mass is 346 g/mol. The predicted molar refractivity (Wildman–Crippen MR) is 90.4 cm³/mol. The van der Waals surface area contributed by atoms with Gasteiger partial charge in [0.05, 0.1) is 6.21 Å². The average Bonchev–Trinajstić information content (AvgIpc) is 3.01. The molecule has 7 heteroatoms. The molecule has 1 aromatic heterocycles. The minimum Gasteiger partial charge on any atom is -0.206 e. The first-order chi connectivity index (χ1) is 11.2. The zero-order valence-electron chi connectivity index (χ0n) is 11.9. The molecule has 2 aromatic carbocycles. The average molecular weight is 347 g/mol. The SMILES string of the molecule is Fc1ccccc1/C=N/n1cnnc1SCc1ccccc1Cl. The Labute approximate surface area is 142 Å². The van der Waals surface area contributed by atoms with E-state index in [4.69, 9.17) is 11.6 Å². The lowest BCUT2D eigenvalue weighted by Gasteiger charge is -2.03. The summed E-state index contributed by atoms with van der Waals surface area (Å²) in [6.45, 7) is 0. The van der Waals surface area contributed by atoms with Crippen molar-refractivity contribution in [3.05, 3.63) is 76.8 Å². The normalized spacial score (nSPS) is 11.2. The molecule has 0 atom stereocenters. The van der Waals surface area contributed by atoms with E-state index in [9.17, 15) is 4.39 Å². The summed E-state index contributed by atoms with van der Waals surface area (Å²) in [6, 6.07) is 14.1. The first kappa shape index (κ1) is 15.7. The molecule has 0 aliphatic carbocycles. The summed E-state index contributed by atoms with van der Waals surface area (Å²) in [5, 5.41) is 13.4. The minimum atomic E-state index is -0.324. The molecule has 23 heavy (non-hydrogen) atoms. The van der Waals surface area contributed by atoms with Crippen molar-refractivity contribution in [2.75, 3.05) is 0 Å². The summed E-state index contributed by atoms with van der Waals surface area (Å²) in [7, 11) is 0. The van der Waals surface area contributed by atoms with Crippen LogP contribution < -0.4 is 0 Å². The van der Waals surface area contributed by atoms with Crippen LogP contribution in [0.25, 0.3) is 0 Å². The van der Waals surface area contributed by atoms with Gasteiger partial charge in [-0.1, -0.05) is 59.8 Å². The number of benzene rings is 2. The Morgan fingerprint density at radius 1 is 1.17 bits per heavy atom. The molecule has 0 saturated heterocycles. The molecule has 116 valence electrons. The number of thioether (sulfide) groups is 1. The van der Waals surface area contributed by atoms with Crippen LogP contribution >= 0.6 is 23.4 Å². The van der Waals surface area contributed by atoms with E-state index in [2.05, 4.69) is 15.3 Å². The maximum absolute atomic E-state index is 13.6. The largest absolute Gasteiger partial charge is 0.212 e. The molecule has 0 amide bonds. The lowest BCUT2D eigenvalue weighted by Crippen LogP contribution is -1.94. The molecular weight excluding hydrogens is 335 g/mol. The van der Waals surface area contributed by atoms with E-state index in [-0.39, 0.29) is 5.82 Å². The van der Waals surface area contributed by atoms with Crippen LogP contribution in [0.1, 0.15) is 11.1 Å². The van der Waals surface area contributed by atoms with Gasteiger partial charge in [0.1, 0.15) is 12.1 Å². The van der Waals surface area contributed by atoms with Crippen molar-refractivity contribution in [3.63, 3.8) is 0 Å². The van der Waals surface area contributed by atoms with E-state index < -0.39 is 0 Å². The fourth-order valence-electron chi connectivity index (χ4n) is 1.86. The molecule has 0 radical (unpaired) electrons. The van der Waals surface area contributed by atoms with Gasteiger partial charge in [0, 0.05) is 16.3 Å². The second-order valence-corrected chi connectivity index (χ2v) is 5.95. The molecule has 0 saturated carbocycles. The second-order valence-electron chi connectivity index (χ2n) is 4.60. The topological polar surface area (TPSA) is 43.1 Å². The standard InChI is InChI=1S/C16H12ClFN4S/c17-14-7-3-1-6-13(14)10-23-16-21-19-11-22(16)20-9-12-5-2-4-8-15(12)18/h1-9,11H,10H2/b20-9+. The Balaban J connectivity index is 1.73. The fraction of sp³-hybridized carbons (Fsp3) is 0.0625. The summed E-state index contributed by atoms with van der Waals surface area (Å²) in [4.78, 5) is 0. The van der Waals surface area contributed by atoms with Gasteiger partial charge in [0.25, 0.3) is 0 Å². The van der Waals surface area contributed by atoms with Gasteiger partial charge in [-0.25, -0.2) is 4.39 Å². The Kier molecular flexibility index (Phi) is 5.05. The molecule has 3 rings (SSSR count). The Bertz CT molecular complexity index is 834. The van der Waals surface area contributed by atoms with Crippen molar-refractivity contribution in [2.45, 2.75) is 10.9 Å². The van der Waals surface area contributed by atoms with Crippen molar-refractivity contribution >= 4 is 29.6 Å². The lowest BCUT2D eigenvalue weighted by molar-refractivity contribution is 0.625. The number of halogens is 2. The molecule has 4 nitrogen and oxygen atoms in total. The van der Waals surface area contributed by atoms with Crippen LogP contribution in [0.2, 0.25) is 5.02 Å². The number of nitrogens with zero attached hydrogens (tertiary/aromatic N) is 4. The minimum absolute atomic E-state index is 0.324. The highest BCUT2D eigenvalue weighted by Crippen LogP contribution is 2.25. The maximum atomic E-state index is 13.6. The van der Waals surface area contributed by atoms with Crippen molar-refractivity contribution in [1.29, 1.82) is 0 Å². The molecule has 1 heterocycles. The molecule has 0 unspecified atom stereocenters. The fourth-order valence-corrected chi connectivity index (χ4v) is 3.01. The van der Waals surface area contributed by atoms with Crippen molar-refractivity contribution in [1.82, 2.24) is 14.9 Å². The number of aromatic nitrogens is 3. The lowest BCUT2D eigenvalue weighted by atomic mass is 10.2. The Hall–Kier alpha value is -2.18. The first-order valence-corrected chi connectivity index (χ1v) is 8.15. The van der Waals surface area contributed by atoms with Crippen molar-refractivity contribution in [2.24, 2.45) is 5.10 Å². The van der Waals surface area contributed by atoms with Gasteiger partial charge in [-0.2, -0.15) is 9.78 Å². The van der Waals surface area contributed by atoms with E-state index in [1.807, 2.05) is 24.3 Å². The van der Waals surface area contributed by atoms with Crippen LogP contribution in [0.4, 0.5) is 4.39 Å².